The quantitative estimate of drug-likeness (QED) is 0.876. The van der Waals surface area contributed by atoms with Gasteiger partial charge in [-0.15, -0.1) is 0 Å². The van der Waals surface area contributed by atoms with Crippen LogP contribution < -0.4 is 5.32 Å². The van der Waals surface area contributed by atoms with Crippen LogP contribution in [0.5, 0.6) is 0 Å². The first kappa shape index (κ1) is 15.3. The highest BCUT2D eigenvalue weighted by Crippen LogP contribution is 2.23. The summed E-state index contributed by atoms with van der Waals surface area (Å²) in [6, 6.07) is 3.12. The first-order chi connectivity index (χ1) is 9.88. The molecule has 0 aromatic heterocycles. The maximum absolute atomic E-state index is 12.3. The van der Waals surface area contributed by atoms with Crippen molar-refractivity contribution >= 4 is 17.7 Å². The number of amides is 2. The van der Waals surface area contributed by atoms with Gasteiger partial charge in [0.05, 0.1) is 24.0 Å². The largest absolute Gasteiger partial charge is 0.478 e. The Hall–Kier alpha value is -2.08. The van der Waals surface area contributed by atoms with Crippen molar-refractivity contribution in [2.24, 2.45) is 0 Å². The number of rotatable bonds is 2. The summed E-state index contributed by atoms with van der Waals surface area (Å²) in [6.07, 6.45) is -0.0115. The van der Waals surface area contributed by atoms with E-state index < -0.39 is 5.97 Å². The Morgan fingerprint density at radius 3 is 2.71 bits per heavy atom. The van der Waals surface area contributed by atoms with Gasteiger partial charge in [-0.05, 0) is 38.0 Å². The predicted octanol–water partition coefficient (Wildman–Crippen LogP) is 2.25. The number of nitrogens with one attached hydrogen (secondary N) is 1. The van der Waals surface area contributed by atoms with Gasteiger partial charge in [-0.1, -0.05) is 6.07 Å². The molecule has 1 fully saturated rings. The van der Waals surface area contributed by atoms with Crippen LogP contribution in [0.3, 0.4) is 0 Å². The van der Waals surface area contributed by atoms with Crippen LogP contribution in [0.4, 0.5) is 10.5 Å². The highest BCUT2D eigenvalue weighted by Gasteiger charge is 2.23. The van der Waals surface area contributed by atoms with E-state index in [-0.39, 0.29) is 17.7 Å². The van der Waals surface area contributed by atoms with E-state index in [1.54, 1.807) is 17.9 Å². The summed E-state index contributed by atoms with van der Waals surface area (Å²) < 4.78 is 5.39. The summed E-state index contributed by atoms with van der Waals surface area (Å²) in [5.41, 5.74) is 2.06. The van der Waals surface area contributed by atoms with E-state index in [0.717, 1.165) is 11.1 Å². The Morgan fingerprint density at radius 2 is 2.10 bits per heavy atom. The summed E-state index contributed by atoms with van der Waals surface area (Å²) >= 11 is 0. The standard InChI is InChI=1S/C15H20N2O4/c1-9-6-10(2)13(12(7-9)14(18)19)16-15(20)17-4-5-21-11(3)8-17/h6-7,11H,4-5,8H2,1-3H3,(H,16,20)(H,18,19). The van der Waals surface area contributed by atoms with Crippen LogP contribution in [0.2, 0.25) is 0 Å². The molecule has 2 N–H and O–H groups in total. The lowest BCUT2D eigenvalue weighted by Gasteiger charge is -2.31. The predicted molar refractivity (Wildman–Crippen MR) is 78.9 cm³/mol. The molecule has 2 rings (SSSR count). The number of nitrogens with zero attached hydrogens (tertiary/aromatic N) is 1. The molecule has 1 aliphatic heterocycles. The Kier molecular flexibility index (Phi) is 4.47. The summed E-state index contributed by atoms with van der Waals surface area (Å²) in [5.74, 6) is -1.05. The van der Waals surface area contributed by atoms with Crippen LogP contribution in [0.1, 0.15) is 28.4 Å². The number of carboxylic acid groups (broad SMARTS) is 1. The normalized spacial score (nSPS) is 18.4. The minimum atomic E-state index is -1.05. The molecule has 1 unspecified atom stereocenters. The molecule has 1 aromatic rings. The van der Waals surface area contributed by atoms with Gasteiger partial charge in [0.1, 0.15) is 0 Å². The van der Waals surface area contributed by atoms with Crippen LogP contribution in [-0.2, 0) is 4.74 Å². The molecule has 1 aliphatic rings. The molecule has 6 nitrogen and oxygen atoms in total. The van der Waals surface area contributed by atoms with Gasteiger partial charge in [-0.25, -0.2) is 9.59 Å². The third kappa shape index (κ3) is 3.52. The van der Waals surface area contributed by atoms with E-state index in [4.69, 9.17) is 4.74 Å². The number of aromatic carboxylic acids is 1. The molecule has 2 amide bonds. The minimum absolute atomic E-state index is 0.0115. The third-order valence-corrected chi connectivity index (χ3v) is 3.47. The second-order valence-electron chi connectivity index (χ2n) is 5.37. The van der Waals surface area contributed by atoms with Gasteiger partial charge in [0, 0.05) is 13.1 Å². The lowest BCUT2D eigenvalue weighted by Crippen LogP contribution is -2.46. The van der Waals surface area contributed by atoms with E-state index in [1.807, 2.05) is 19.9 Å². The molecule has 1 atom stereocenters. The fraction of sp³-hybridized carbons (Fsp3) is 0.467. The smallest absolute Gasteiger partial charge is 0.337 e. The second kappa shape index (κ2) is 6.13. The van der Waals surface area contributed by atoms with Crippen molar-refractivity contribution in [2.45, 2.75) is 26.9 Å². The number of anilines is 1. The summed E-state index contributed by atoms with van der Waals surface area (Å²) in [5, 5.41) is 12.0. The first-order valence-electron chi connectivity index (χ1n) is 6.90. The van der Waals surface area contributed by atoms with Crippen LogP contribution in [-0.4, -0.2) is 47.8 Å². The van der Waals surface area contributed by atoms with Crippen LogP contribution >= 0.6 is 0 Å². The maximum Gasteiger partial charge on any atom is 0.337 e. The van der Waals surface area contributed by atoms with E-state index in [2.05, 4.69) is 5.32 Å². The van der Waals surface area contributed by atoms with Crippen LogP contribution in [0.25, 0.3) is 0 Å². The van der Waals surface area contributed by atoms with Crippen molar-refractivity contribution in [2.75, 3.05) is 25.0 Å². The SMILES string of the molecule is Cc1cc(C)c(NC(=O)N2CCOC(C)C2)c(C(=O)O)c1. The molecule has 0 aliphatic carbocycles. The Morgan fingerprint density at radius 1 is 1.38 bits per heavy atom. The Balaban J connectivity index is 2.22. The Labute approximate surface area is 123 Å². The van der Waals surface area contributed by atoms with Crippen molar-refractivity contribution in [1.29, 1.82) is 0 Å². The molecular weight excluding hydrogens is 272 g/mol. The molecule has 1 saturated heterocycles. The van der Waals surface area contributed by atoms with Gasteiger partial charge in [-0.3, -0.25) is 0 Å². The molecular formula is C15H20N2O4. The molecule has 1 heterocycles. The molecule has 114 valence electrons. The summed E-state index contributed by atoms with van der Waals surface area (Å²) in [7, 11) is 0. The average Bonchev–Trinajstić information content (AvgIpc) is 2.41. The molecule has 21 heavy (non-hydrogen) atoms. The van der Waals surface area contributed by atoms with E-state index >= 15 is 0 Å². The lowest BCUT2D eigenvalue weighted by molar-refractivity contribution is -0.00139. The van der Waals surface area contributed by atoms with Crippen LogP contribution in [0.15, 0.2) is 12.1 Å². The molecule has 0 radical (unpaired) electrons. The summed E-state index contributed by atoms with van der Waals surface area (Å²) in [4.78, 5) is 25.3. The zero-order valence-electron chi connectivity index (χ0n) is 12.5. The average molecular weight is 292 g/mol. The number of morpholine rings is 1. The second-order valence-corrected chi connectivity index (χ2v) is 5.37. The minimum Gasteiger partial charge on any atom is -0.478 e. The number of benzene rings is 1. The Bertz CT molecular complexity index is 571. The number of urea groups is 1. The van der Waals surface area contributed by atoms with Crippen molar-refractivity contribution < 1.29 is 19.4 Å². The highest BCUT2D eigenvalue weighted by atomic mass is 16.5. The van der Waals surface area contributed by atoms with Gasteiger partial charge in [0.2, 0.25) is 0 Å². The maximum atomic E-state index is 12.3. The number of aryl methyl sites for hydroxylation is 2. The zero-order valence-corrected chi connectivity index (χ0v) is 12.5. The van der Waals surface area contributed by atoms with Crippen LogP contribution in [0, 0.1) is 13.8 Å². The van der Waals surface area contributed by atoms with E-state index in [1.165, 1.54) is 0 Å². The third-order valence-electron chi connectivity index (χ3n) is 3.47. The highest BCUT2D eigenvalue weighted by molar-refractivity contribution is 6.01. The number of hydrogen-bond donors (Lipinski definition) is 2. The van der Waals surface area contributed by atoms with Gasteiger partial charge < -0.3 is 20.1 Å². The number of carboxylic acids is 1. The molecule has 0 bridgehead atoms. The number of hydrogen-bond acceptors (Lipinski definition) is 3. The topological polar surface area (TPSA) is 78.9 Å². The molecule has 0 saturated carbocycles. The van der Waals surface area contributed by atoms with Crippen molar-refractivity contribution in [1.82, 2.24) is 4.90 Å². The fourth-order valence-corrected chi connectivity index (χ4v) is 2.49. The number of carbonyl (C=O) groups excluding carboxylic acids is 1. The number of carbonyl (C=O) groups is 2. The number of ether oxygens (including phenoxy) is 1. The van der Waals surface area contributed by atoms with E-state index in [9.17, 15) is 14.7 Å². The van der Waals surface area contributed by atoms with Crippen molar-refractivity contribution in [3.8, 4) is 0 Å². The van der Waals surface area contributed by atoms with Gasteiger partial charge in [0.15, 0.2) is 0 Å². The van der Waals surface area contributed by atoms with Gasteiger partial charge in [-0.2, -0.15) is 0 Å². The van der Waals surface area contributed by atoms with Gasteiger partial charge >= 0.3 is 12.0 Å². The van der Waals surface area contributed by atoms with Crippen molar-refractivity contribution in [3.63, 3.8) is 0 Å². The zero-order chi connectivity index (χ0) is 15.6. The summed E-state index contributed by atoms with van der Waals surface area (Å²) in [6.45, 7) is 7.01. The lowest BCUT2D eigenvalue weighted by atomic mass is 10.0. The molecule has 1 aromatic carbocycles. The van der Waals surface area contributed by atoms with E-state index in [0.29, 0.717) is 25.4 Å². The van der Waals surface area contributed by atoms with Gasteiger partial charge in [0.25, 0.3) is 0 Å². The monoisotopic (exact) mass is 292 g/mol. The first-order valence-corrected chi connectivity index (χ1v) is 6.90. The van der Waals surface area contributed by atoms with Crippen molar-refractivity contribution in [3.05, 3.63) is 28.8 Å². The fourth-order valence-electron chi connectivity index (χ4n) is 2.49. The molecule has 0 spiro atoms. The molecule has 6 heteroatoms.